The summed E-state index contributed by atoms with van der Waals surface area (Å²) in [5.74, 6) is 0.361. The topological polar surface area (TPSA) is 40.5 Å². The van der Waals surface area contributed by atoms with Crippen LogP contribution in [0.2, 0.25) is 0 Å². The summed E-state index contributed by atoms with van der Waals surface area (Å²) in [4.78, 5) is 0. The van der Waals surface area contributed by atoms with Crippen molar-refractivity contribution in [3.63, 3.8) is 0 Å². The van der Waals surface area contributed by atoms with Crippen LogP contribution in [0.15, 0.2) is 48.5 Å². The van der Waals surface area contributed by atoms with Crippen molar-refractivity contribution < 1.29 is 10.2 Å². The van der Waals surface area contributed by atoms with E-state index in [0.717, 1.165) is 24.0 Å². The van der Waals surface area contributed by atoms with Crippen molar-refractivity contribution in [3.05, 3.63) is 65.2 Å². The third-order valence-electron chi connectivity index (χ3n) is 2.88. The van der Waals surface area contributed by atoms with E-state index in [1.807, 2.05) is 42.5 Å². The van der Waals surface area contributed by atoms with Crippen LogP contribution in [-0.4, -0.2) is 10.2 Å². The smallest absolute Gasteiger partial charge is 0.118 e. The number of benzene rings is 2. The lowest BCUT2D eigenvalue weighted by Gasteiger charge is -2.05. The van der Waals surface area contributed by atoms with E-state index in [9.17, 15) is 5.11 Å². The van der Waals surface area contributed by atoms with E-state index in [-0.39, 0.29) is 6.61 Å². The second-order valence-corrected chi connectivity index (χ2v) is 4.10. The minimum Gasteiger partial charge on any atom is -0.508 e. The molecule has 0 saturated carbocycles. The molecule has 2 rings (SSSR count). The lowest BCUT2D eigenvalue weighted by molar-refractivity contribution is 0.282. The first kappa shape index (κ1) is 11.7. The lowest BCUT2D eigenvalue weighted by Crippen LogP contribution is -1.92. The van der Waals surface area contributed by atoms with Crippen LogP contribution in [0.1, 0.15) is 16.7 Å². The van der Waals surface area contributed by atoms with Gasteiger partial charge in [-0.05, 0) is 35.6 Å². The van der Waals surface area contributed by atoms with Gasteiger partial charge in [-0.2, -0.15) is 0 Å². The van der Waals surface area contributed by atoms with Gasteiger partial charge in [0.25, 0.3) is 0 Å². The third-order valence-corrected chi connectivity index (χ3v) is 2.88. The predicted octanol–water partition coefficient (Wildman–Crippen LogP) is 2.67. The molecule has 0 bridgehead atoms. The van der Waals surface area contributed by atoms with E-state index in [2.05, 4.69) is 0 Å². The van der Waals surface area contributed by atoms with Gasteiger partial charge in [0, 0.05) is 0 Å². The van der Waals surface area contributed by atoms with Crippen molar-refractivity contribution in [3.8, 4) is 5.75 Å². The molecule has 0 radical (unpaired) electrons. The minimum atomic E-state index is 0.0831. The maximum absolute atomic E-state index is 9.64. The highest BCUT2D eigenvalue weighted by molar-refractivity contribution is 5.33. The number of para-hydroxylation sites is 1. The summed E-state index contributed by atoms with van der Waals surface area (Å²) < 4.78 is 0. The molecule has 88 valence electrons. The van der Waals surface area contributed by atoms with Gasteiger partial charge in [0.2, 0.25) is 0 Å². The van der Waals surface area contributed by atoms with Gasteiger partial charge in [-0.1, -0.05) is 42.5 Å². The number of aryl methyl sites for hydroxylation is 2. The summed E-state index contributed by atoms with van der Waals surface area (Å²) in [7, 11) is 0. The van der Waals surface area contributed by atoms with Gasteiger partial charge in [0.05, 0.1) is 6.61 Å². The number of aromatic hydroxyl groups is 1. The Morgan fingerprint density at radius 3 is 2.06 bits per heavy atom. The highest BCUT2D eigenvalue weighted by Gasteiger charge is 2.00. The predicted molar refractivity (Wildman–Crippen MR) is 67.9 cm³/mol. The second-order valence-electron chi connectivity index (χ2n) is 4.10. The number of rotatable bonds is 4. The minimum absolute atomic E-state index is 0.0831. The first-order valence-electron chi connectivity index (χ1n) is 5.75. The average Bonchev–Trinajstić information content (AvgIpc) is 2.38. The van der Waals surface area contributed by atoms with Gasteiger partial charge in [-0.25, -0.2) is 0 Å². The maximum atomic E-state index is 9.64. The first-order chi connectivity index (χ1) is 8.29. The van der Waals surface area contributed by atoms with E-state index < -0.39 is 0 Å². The molecule has 0 heterocycles. The molecule has 2 heteroatoms. The summed E-state index contributed by atoms with van der Waals surface area (Å²) in [5, 5.41) is 18.6. The lowest BCUT2D eigenvalue weighted by atomic mass is 10.0. The van der Waals surface area contributed by atoms with Crippen LogP contribution in [0.4, 0.5) is 0 Å². The van der Waals surface area contributed by atoms with Crippen molar-refractivity contribution in [2.45, 2.75) is 19.4 Å². The Kier molecular flexibility index (Phi) is 3.78. The fourth-order valence-electron chi connectivity index (χ4n) is 1.81. The molecule has 2 aromatic carbocycles. The molecule has 17 heavy (non-hydrogen) atoms. The molecule has 2 N–H and O–H groups in total. The quantitative estimate of drug-likeness (QED) is 0.844. The first-order valence-corrected chi connectivity index (χ1v) is 5.75. The van der Waals surface area contributed by atoms with Crippen LogP contribution < -0.4 is 0 Å². The van der Waals surface area contributed by atoms with Crippen LogP contribution in [0.25, 0.3) is 0 Å². The number of aliphatic hydroxyl groups is 1. The van der Waals surface area contributed by atoms with Crippen LogP contribution in [0.5, 0.6) is 5.75 Å². The molecule has 0 aliphatic rings. The van der Waals surface area contributed by atoms with Crippen molar-refractivity contribution in [2.75, 3.05) is 0 Å². The molecule has 0 fully saturated rings. The molecule has 2 nitrogen and oxygen atoms in total. The van der Waals surface area contributed by atoms with Gasteiger partial charge in [-0.15, -0.1) is 0 Å². The van der Waals surface area contributed by atoms with Crippen LogP contribution >= 0.6 is 0 Å². The summed E-state index contributed by atoms with van der Waals surface area (Å²) in [6.07, 6.45) is 1.72. The summed E-state index contributed by atoms with van der Waals surface area (Å²) in [6.45, 7) is 0.0831. The molecule has 0 aliphatic carbocycles. The number of aliphatic hydroxyl groups excluding tert-OH is 1. The van der Waals surface area contributed by atoms with Crippen molar-refractivity contribution in [2.24, 2.45) is 0 Å². The fourth-order valence-corrected chi connectivity index (χ4v) is 1.81. The molecule has 0 atom stereocenters. The summed E-state index contributed by atoms with van der Waals surface area (Å²) in [6, 6.07) is 15.3. The normalized spacial score (nSPS) is 10.4. The molecule has 0 unspecified atom stereocenters. The van der Waals surface area contributed by atoms with Crippen molar-refractivity contribution >= 4 is 0 Å². The molecular weight excluding hydrogens is 212 g/mol. The van der Waals surface area contributed by atoms with Gasteiger partial charge >= 0.3 is 0 Å². The van der Waals surface area contributed by atoms with Crippen LogP contribution in [0.3, 0.4) is 0 Å². The fraction of sp³-hybridized carbons (Fsp3) is 0.200. The van der Waals surface area contributed by atoms with E-state index in [0.29, 0.717) is 5.75 Å². The highest BCUT2D eigenvalue weighted by Crippen LogP contribution is 2.18. The highest BCUT2D eigenvalue weighted by atomic mass is 16.3. The number of phenolic OH excluding ortho intramolecular Hbond substituents is 1. The Balaban J connectivity index is 2.00. The largest absolute Gasteiger partial charge is 0.508 e. The maximum Gasteiger partial charge on any atom is 0.118 e. The Morgan fingerprint density at radius 2 is 1.41 bits per heavy atom. The van der Waals surface area contributed by atoms with E-state index in [1.165, 1.54) is 5.56 Å². The van der Waals surface area contributed by atoms with Crippen molar-refractivity contribution in [1.29, 1.82) is 0 Å². The monoisotopic (exact) mass is 228 g/mol. The van der Waals surface area contributed by atoms with E-state index in [1.54, 1.807) is 6.07 Å². The van der Waals surface area contributed by atoms with Crippen molar-refractivity contribution in [1.82, 2.24) is 0 Å². The van der Waals surface area contributed by atoms with Gasteiger partial charge in [-0.3, -0.25) is 0 Å². The molecule has 0 aliphatic heterocycles. The van der Waals surface area contributed by atoms with Gasteiger partial charge in [0.1, 0.15) is 5.75 Å². The van der Waals surface area contributed by atoms with Gasteiger partial charge < -0.3 is 10.2 Å². The number of phenols is 1. The average molecular weight is 228 g/mol. The Labute approximate surface area is 101 Å². The SMILES string of the molecule is OCc1ccc(CCc2ccccc2O)cc1. The molecule has 0 spiro atoms. The Hall–Kier alpha value is -1.80. The second kappa shape index (κ2) is 5.51. The van der Waals surface area contributed by atoms with Crippen LogP contribution in [-0.2, 0) is 19.4 Å². The van der Waals surface area contributed by atoms with E-state index in [4.69, 9.17) is 5.11 Å². The molecular formula is C15H16O2. The van der Waals surface area contributed by atoms with E-state index >= 15 is 0 Å². The molecule has 0 saturated heterocycles. The zero-order chi connectivity index (χ0) is 12.1. The Bertz CT molecular complexity index is 475. The zero-order valence-electron chi connectivity index (χ0n) is 9.63. The number of hydrogen-bond acceptors (Lipinski definition) is 2. The standard InChI is InChI=1S/C15H16O2/c16-11-13-7-5-12(6-8-13)9-10-14-3-1-2-4-15(14)17/h1-8,16-17H,9-11H2. The summed E-state index contributed by atoms with van der Waals surface area (Å²) in [5.41, 5.74) is 3.11. The number of hydrogen-bond donors (Lipinski definition) is 2. The third kappa shape index (κ3) is 3.08. The zero-order valence-corrected chi connectivity index (χ0v) is 9.63. The molecule has 2 aromatic rings. The summed E-state index contributed by atoms with van der Waals surface area (Å²) >= 11 is 0. The molecule has 0 amide bonds. The Morgan fingerprint density at radius 1 is 0.765 bits per heavy atom. The molecule has 0 aromatic heterocycles. The van der Waals surface area contributed by atoms with Crippen LogP contribution in [0, 0.1) is 0 Å². The van der Waals surface area contributed by atoms with Gasteiger partial charge in [0.15, 0.2) is 0 Å².